The third-order valence-corrected chi connectivity index (χ3v) is 7.42. The van der Waals surface area contributed by atoms with Crippen LogP contribution in [0.5, 0.6) is 0 Å². The average molecular weight is 453 g/mol. The molecule has 4 rings (SSSR count). The molecule has 31 heavy (non-hydrogen) atoms. The monoisotopic (exact) mass is 453 g/mol. The van der Waals surface area contributed by atoms with Crippen molar-refractivity contribution in [2.24, 2.45) is 7.05 Å². The second-order valence-electron chi connectivity index (χ2n) is 7.33. The number of hydrogen-bond acceptors (Lipinski definition) is 6. The number of alkyl halides is 2. The maximum atomic E-state index is 13.3. The van der Waals surface area contributed by atoms with E-state index in [1.165, 1.54) is 32.3 Å². The Morgan fingerprint density at radius 2 is 1.77 bits per heavy atom. The van der Waals surface area contributed by atoms with E-state index in [1.807, 2.05) is 0 Å². The molecule has 0 atom stereocenters. The van der Waals surface area contributed by atoms with Gasteiger partial charge in [0.25, 0.3) is 12.3 Å². The lowest BCUT2D eigenvalue weighted by atomic mass is 10.2. The highest BCUT2D eigenvalue weighted by molar-refractivity contribution is 7.89. The Hall–Kier alpha value is -2.93. The molecular weight excluding hydrogens is 432 g/mol. The minimum absolute atomic E-state index is 0.0568. The molecule has 0 N–H and O–H groups in total. The highest BCUT2D eigenvalue weighted by atomic mass is 32.2. The van der Waals surface area contributed by atoms with Crippen LogP contribution in [-0.2, 0) is 17.1 Å². The fourth-order valence-electron chi connectivity index (χ4n) is 3.59. The van der Waals surface area contributed by atoms with Crippen LogP contribution in [0.4, 0.5) is 8.78 Å². The Morgan fingerprint density at radius 3 is 2.35 bits per heavy atom. The Kier molecular flexibility index (Phi) is 5.25. The Labute approximate surface area is 177 Å². The van der Waals surface area contributed by atoms with Crippen molar-refractivity contribution < 1.29 is 22.0 Å². The molecular formula is C18H21F2N7O3S. The molecule has 0 saturated carbocycles. The van der Waals surface area contributed by atoms with Crippen LogP contribution in [0.1, 0.15) is 33.9 Å². The van der Waals surface area contributed by atoms with Gasteiger partial charge in [-0.05, 0) is 19.9 Å². The third kappa shape index (κ3) is 3.57. The third-order valence-electron chi connectivity index (χ3n) is 5.42. The van der Waals surface area contributed by atoms with Crippen LogP contribution in [0.15, 0.2) is 23.4 Å². The first-order valence-electron chi connectivity index (χ1n) is 9.52. The van der Waals surface area contributed by atoms with Crippen LogP contribution in [-0.4, -0.2) is 74.1 Å². The van der Waals surface area contributed by atoms with Crippen LogP contribution in [0.2, 0.25) is 0 Å². The number of hydrogen-bond donors (Lipinski definition) is 0. The van der Waals surface area contributed by atoms with E-state index in [4.69, 9.17) is 0 Å². The molecule has 166 valence electrons. The van der Waals surface area contributed by atoms with Gasteiger partial charge in [-0.2, -0.15) is 14.5 Å². The summed E-state index contributed by atoms with van der Waals surface area (Å²) in [6.07, 6.45) is -0.231. The SMILES string of the molecule is Cc1cc(C(F)F)n2ncc(C(=O)N3CCN(S(=O)(=O)c4cnn(C)c4C)CC3)c2n1. The van der Waals surface area contributed by atoms with Crippen molar-refractivity contribution in [2.45, 2.75) is 25.2 Å². The van der Waals surface area contributed by atoms with Crippen molar-refractivity contribution in [1.82, 2.24) is 33.6 Å². The molecule has 3 aromatic heterocycles. The van der Waals surface area contributed by atoms with Crippen LogP contribution >= 0.6 is 0 Å². The first-order valence-corrected chi connectivity index (χ1v) is 11.0. The average Bonchev–Trinajstić information content (AvgIpc) is 3.30. The topological polar surface area (TPSA) is 106 Å². The number of carbonyl (C=O) groups excluding carboxylic acids is 1. The number of aromatic nitrogens is 5. The summed E-state index contributed by atoms with van der Waals surface area (Å²) in [6, 6.07) is 1.23. The van der Waals surface area contributed by atoms with Gasteiger partial charge in [-0.1, -0.05) is 0 Å². The molecule has 0 aromatic carbocycles. The lowest BCUT2D eigenvalue weighted by molar-refractivity contribution is 0.0699. The van der Waals surface area contributed by atoms with Crippen LogP contribution in [0.3, 0.4) is 0 Å². The predicted molar refractivity (Wildman–Crippen MR) is 105 cm³/mol. The summed E-state index contributed by atoms with van der Waals surface area (Å²) in [5, 5.41) is 7.90. The molecule has 1 aliphatic heterocycles. The quantitative estimate of drug-likeness (QED) is 0.587. The zero-order valence-electron chi connectivity index (χ0n) is 17.2. The maximum Gasteiger partial charge on any atom is 0.280 e. The molecule has 1 aliphatic rings. The number of fused-ring (bicyclic) bond motifs is 1. The van der Waals surface area contributed by atoms with Crippen LogP contribution in [0, 0.1) is 13.8 Å². The number of piperazine rings is 1. The number of amides is 1. The van der Waals surface area contributed by atoms with Gasteiger partial charge in [0.15, 0.2) is 5.65 Å². The van der Waals surface area contributed by atoms with Crippen LogP contribution in [0.25, 0.3) is 5.65 Å². The summed E-state index contributed by atoms with van der Waals surface area (Å²) in [7, 11) is -2.07. The molecule has 4 heterocycles. The van der Waals surface area contributed by atoms with Gasteiger partial charge in [0.1, 0.15) is 16.2 Å². The number of rotatable bonds is 4. The molecule has 0 aliphatic carbocycles. The van der Waals surface area contributed by atoms with Crippen molar-refractivity contribution in [3.8, 4) is 0 Å². The van der Waals surface area contributed by atoms with E-state index in [-0.39, 0.29) is 48.0 Å². The van der Waals surface area contributed by atoms with Gasteiger partial charge in [-0.25, -0.2) is 26.7 Å². The van der Waals surface area contributed by atoms with Crippen molar-refractivity contribution in [2.75, 3.05) is 26.2 Å². The number of aryl methyl sites for hydroxylation is 2. The van der Waals surface area contributed by atoms with Gasteiger partial charge in [-0.3, -0.25) is 9.48 Å². The summed E-state index contributed by atoms with van der Waals surface area (Å²) in [5.74, 6) is -0.428. The Bertz CT molecular complexity index is 1260. The van der Waals surface area contributed by atoms with E-state index in [0.29, 0.717) is 11.4 Å². The largest absolute Gasteiger partial charge is 0.336 e. The van der Waals surface area contributed by atoms with Gasteiger partial charge >= 0.3 is 0 Å². The fraction of sp³-hybridized carbons (Fsp3) is 0.444. The van der Waals surface area contributed by atoms with Gasteiger partial charge < -0.3 is 4.90 Å². The molecule has 1 amide bonds. The minimum Gasteiger partial charge on any atom is -0.336 e. The van der Waals surface area contributed by atoms with E-state index < -0.39 is 22.4 Å². The molecule has 10 nitrogen and oxygen atoms in total. The smallest absolute Gasteiger partial charge is 0.280 e. The number of carbonyl (C=O) groups is 1. The standard InChI is InChI=1S/C18H21F2N7O3S/c1-11-8-14(16(19)20)27-17(23-11)13(9-22-27)18(28)25-4-6-26(7-5-25)31(29,30)15-10-21-24(3)12(15)2/h8-10,16H,4-7H2,1-3H3. The minimum atomic E-state index is -3.73. The Morgan fingerprint density at radius 1 is 1.10 bits per heavy atom. The van der Waals surface area contributed by atoms with Crippen molar-refractivity contribution in [3.05, 3.63) is 41.1 Å². The number of sulfonamides is 1. The van der Waals surface area contributed by atoms with E-state index in [2.05, 4.69) is 15.2 Å². The lowest BCUT2D eigenvalue weighted by Gasteiger charge is -2.33. The zero-order chi connectivity index (χ0) is 22.5. The van der Waals surface area contributed by atoms with E-state index in [9.17, 15) is 22.0 Å². The zero-order valence-corrected chi connectivity index (χ0v) is 18.0. The summed E-state index contributed by atoms with van der Waals surface area (Å²) in [4.78, 5) is 18.8. The first-order chi connectivity index (χ1) is 14.6. The van der Waals surface area contributed by atoms with E-state index in [0.717, 1.165) is 4.52 Å². The molecule has 1 saturated heterocycles. The van der Waals surface area contributed by atoms with E-state index in [1.54, 1.807) is 20.9 Å². The molecule has 3 aromatic rings. The summed E-state index contributed by atoms with van der Waals surface area (Å²) < 4.78 is 56.2. The normalized spacial score (nSPS) is 15.9. The molecule has 13 heteroatoms. The molecule has 1 fully saturated rings. The van der Waals surface area contributed by atoms with Crippen molar-refractivity contribution >= 4 is 21.6 Å². The summed E-state index contributed by atoms with van der Waals surface area (Å²) in [5.41, 5.74) is 0.692. The molecule has 0 unspecified atom stereocenters. The number of halogens is 2. The van der Waals surface area contributed by atoms with E-state index >= 15 is 0 Å². The van der Waals surface area contributed by atoms with Gasteiger partial charge in [-0.15, -0.1) is 0 Å². The Balaban J connectivity index is 1.55. The number of nitrogens with zero attached hydrogens (tertiary/aromatic N) is 7. The predicted octanol–water partition coefficient (Wildman–Crippen LogP) is 1.16. The van der Waals surface area contributed by atoms with Crippen molar-refractivity contribution in [3.63, 3.8) is 0 Å². The highest BCUT2D eigenvalue weighted by Gasteiger charge is 2.33. The molecule has 0 spiro atoms. The lowest BCUT2D eigenvalue weighted by Crippen LogP contribution is -2.50. The maximum absolute atomic E-state index is 13.3. The highest BCUT2D eigenvalue weighted by Crippen LogP contribution is 2.24. The van der Waals surface area contributed by atoms with Gasteiger partial charge in [0.2, 0.25) is 10.0 Å². The second-order valence-corrected chi connectivity index (χ2v) is 9.24. The van der Waals surface area contributed by atoms with Gasteiger partial charge in [0.05, 0.1) is 18.1 Å². The van der Waals surface area contributed by atoms with Crippen molar-refractivity contribution in [1.29, 1.82) is 0 Å². The first kappa shape index (κ1) is 21.3. The second kappa shape index (κ2) is 7.64. The van der Waals surface area contributed by atoms with Gasteiger partial charge in [0, 0.05) is 38.9 Å². The summed E-state index contributed by atoms with van der Waals surface area (Å²) in [6.45, 7) is 3.77. The molecule has 0 radical (unpaired) electrons. The van der Waals surface area contributed by atoms with Crippen LogP contribution < -0.4 is 0 Å². The fourth-order valence-corrected chi connectivity index (χ4v) is 5.20. The summed E-state index contributed by atoms with van der Waals surface area (Å²) >= 11 is 0. The molecule has 0 bridgehead atoms.